The molecule has 22 heavy (non-hydrogen) atoms. The summed E-state index contributed by atoms with van der Waals surface area (Å²) >= 11 is 0. The lowest BCUT2D eigenvalue weighted by molar-refractivity contribution is 0.0877. The van der Waals surface area contributed by atoms with Crippen molar-refractivity contribution in [3.05, 3.63) is 35.5 Å². The smallest absolute Gasteiger partial charge is 0.268 e. The highest BCUT2D eigenvalue weighted by atomic mass is 16.1. The minimum absolute atomic E-state index is 0.0182. The number of aromatic amines is 1. The van der Waals surface area contributed by atoms with Gasteiger partial charge in [-0.25, -0.2) is 0 Å². The van der Waals surface area contributed by atoms with Crippen LogP contribution in [0.2, 0.25) is 0 Å². The molecular weight excluding hydrogens is 276 g/mol. The zero-order valence-corrected chi connectivity index (χ0v) is 13.5. The number of carbonyl (C=O) groups is 1. The molecule has 0 aliphatic carbocycles. The van der Waals surface area contributed by atoms with Crippen molar-refractivity contribution in [3.8, 4) is 0 Å². The summed E-state index contributed by atoms with van der Waals surface area (Å²) in [5.74, 6) is -0.0182. The number of fused-ring (bicyclic) bond motifs is 1. The van der Waals surface area contributed by atoms with Crippen molar-refractivity contribution >= 4 is 16.8 Å². The monoisotopic (exact) mass is 300 g/mol. The van der Waals surface area contributed by atoms with Gasteiger partial charge in [-0.1, -0.05) is 18.2 Å². The molecule has 3 rings (SSSR count). The Morgan fingerprint density at radius 2 is 2.09 bits per heavy atom. The Balaban J connectivity index is 1.69. The Kier molecular flexibility index (Phi) is 4.18. The molecule has 0 spiro atoms. The fraction of sp³-hybridized carbons (Fsp3) is 0.471. The lowest BCUT2D eigenvalue weighted by Crippen LogP contribution is -2.54. The molecule has 5 nitrogen and oxygen atoms in total. The van der Waals surface area contributed by atoms with Crippen molar-refractivity contribution in [2.75, 3.05) is 40.3 Å². The van der Waals surface area contributed by atoms with E-state index in [1.807, 2.05) is 31.2 Å². The number of aromatic nitrogens is 1. The van der Waals surface area contributed by atoms with Gasteiger partial charge in [0.25, 0.3) is 5.91 Å². The van der Waals surface area contributed by atoms with E-state index in [-0.39, 0.29) is 5.91 Å². The van der Waals surface area contributed by atoms with E-state index in [1.54, 1.807) is 0 Å². The number of nitrogens with zero attached hydrogens (tertiary/aromatic N) is 2. The number of hydrogen-bond donors (Lipinski definition) is 2. The molecule has 2 aromatic rings. The minimum Gasteiger partial charge on any atom is -0.350 e. The first-order chi connectivity index (χ1) is 10.6. The van der Waals surface area contributed by atoms with Crippen LogP contribution in [0.3, 0.4) is 0 Å². The quantitative estimate of drug-likeness (QED) is 0.902. The Labute approximate surface area is 131 Å². The number of hydrogen-bond acceptors (Lipinski definition) is 3. The normalized spacial score (nSPS) is 20.4. The van der Waals surface area contributed by atoms with E-state index in [0.29, 0.717) is 18.3 Å². The van der Waals surface area contributed by atoms with E-state index >= 15 is 0 Å². The van der Waals surface area contributed by atoms with Gasteiger partial charge in [0, 0.05) is 43.1 Å². The molecule has 0 bridgehead atoms. The molecule has 5 heteroatoms. The van der Waals surface area contributed by atoms with Gasteiger partial charge in [0.1, 0.15) is 5.69 Å². The second-order valence-corrected chi connectivity index (χ2v) is 6.28. The van der Waals surface area contributed by atoms with Crippen LogP contribution < -0.4 is 5.32 Å². The largest absolute Gasteiger partial charge is 0.350 e. The first-order valence-corrected chi connectivity index (χ1v) is 7.80. The fourth-order valence-electron chi connectivity index (χ4n) is 3.13. The van der Waals surface area contributed by atoms with Crippen LogP contribution in [0.5, 0.6) is 0 Å². The van der Waals surface area contributed by atoms with Gasteiger partial charge in [-0.15, -0.1) is 0 Å². The molecule has 1 aromatic heterocycles. The van der Waals surface area contributed by atoms with E-state index in [2.05, 4.69) is 34.2 Å². The summed E-state index contributed by atoms with van der Waals surface area (Å²) in [6.45, 7) is 5.79. The van der Waals surface area contributed by atoms with Crippen molar-refractivity contribution in [3.63, 3.8) is 0 Å². The van der Waals surface area contributed by atoms with Gasteiger partial charge >= 0.3 is 0 Å². The number of carbonyl (C=O) groups excluding carboxylic acids is 1. The Bertz CT molecular complexity index is 678. The summed E-state index contributed by atoms with van der Waals surface area (Å²) in [5.41, 5.74) is 2.70. The van der Waals surface area contributed by atoms with Gasteiger partial charge in [-0.3, -0.25) is 9.69 Å². The van der Waals surface area contributed by atoms with Crippen molar-refractivity contribution < 1.29 is 4.79 Å². The molecule has 1 aliphatic rings. The Morgan fingerprint density at radius 3 is 2.86 bits per heavy atom. The first-order valence-electron chi connectivity index (χ1n) is 7.80. The zero-order chi connectivity index (χ0) is 15.7. The summed E-state index contributed by atoms with van der Waals surface area (Å²) in [6.07, 6.45) is 0. The van der Waals surface area contributed by atoms with Crippen molar-refractivity contribution in [2.24, 2.45) is 0 Å². The molecule has 1 aliphatic heterocycles. The number of benzene rings is 1. The Morgan fingerprint density at radius 1 is 1.32 bits per heavy atom. The van der Waals surface area contributed by atoms with Crippen LogP contribution in [0.4, 0.5) is 0 Å². The van der Waals surface area contributed by atoms with E-state index < -0.39 is 0 Å². The molecular formula is C17H24N4O. The van der Waals surface area contributed by atoms with Crippen LogP contribution in [0.15, 0.2) is 24.3 Å². The lowest BCUT2D eigenvalue weighted by Gasteiger charge is -2.37. The maximum atomic E-state index is 12.5. The molecule has 1 unspecified atom stereocenters. The second-order valence-electron chi connectivity index (χ2n) is 6.28. The summed E-state index contributed by atoms with van der Waals surface area (Å²) in [5, 5.41) is 4.20. The van der Waals surface area contributed by atoms with Gasteiger partial charge in [0.05, 0.1) is 0 Å². The lowest BCUT2D eigenvalue weighted by atomic mass is 10.1. The maximum absolute atomic E-state index is 12.5. The third-order valence-corrected chi connectivity index (χ3v) is 4.67. The third-order valence-electron chi connectivity index (χ3n) is 4.67. The van der Waals surface area contributed by atoms with Gasteiger partial charge in [-0.2, -0.15) is 0 Å². The van der Waals surface area contributed by atoms with Gasteiger partial charge < -0.3 is 15.2 Å². The number of para-hydroxylation sites is 1. The molecule has 2 heterocycles. The topological polar surface area (TPSA) is 51.4 Å². The minimum atomic E-state index is -0.0182. The number of aryl methyl sites for hydroxylation is 1. The maximum Gasteiger partial charge on any atom is 0.268 e. The van der Waals surface area contributed by atoms with Crippen LogP contribution in [0, 0.1) is 6.92 Å². The van der Waals surface area contributed by atoms with E-state index in [1.165, 1.54) is 0 Å². The molecule has 1 saturated heterocycles. The number of rotatable bonds is 3. The molecule has 2 N–H and O–H groups in total. The van der Waals surface area contributed by atoms with Crippen LogP contribution in [-0.2, 0) is 0 Å². The Hall–Kier alpha value is -1.85. The predicted octanol–water partition coefficient (Wildman–Crippen LogP) is 1.45. The number of nitrogens with one attached hydrogen (secondary N) is 2. The average Bonchev–Trinajstić information content (AvgIpc) is 2.85. The van der Waals surface area contributed by atoms with Crippen LogP contribution in [-0.4, -0.2) is 67.0 Å². The highest BCUT2D eigenvalue weighted by molar-refractivity contribution is 6.00. The second kappa shape index (κ2) is 6.10. The SMILES string of the molecule is Cc1c(C(=O)NCC2CN(C)CCN2C)[nH]c2ccccc12. The zero-order valence-electron chi connectivity index (χ0n) is 13.5. The van der Waals surface area contributed by atoms with Crippen molar-refractivity contribution in [2.45, 2.75) is 13.0 Å². The number of H-pyrrole nitrogens is 1. The first kappa shape index (κ1) is 15.1. The summed E-state index contributed by atoms with van der Waals surface area (Å²) in [6, 6.07) is 8.39. The van der Waals surface area contributed by atoms with Gasteiger partial charge in [-0.05, 0) is 32.6 Å². The fourth-order valence-corrected chi connectivity index (χ4v) is 3.13. The number of amides is 1. The van der Waals surface area contributed by atoms with E-state index in [0.717, 1.165) is 36.1 Å². The van der Waals surface area contributed by atoms with Gasteiger partial charge in [0.15, 0.2) is 0 Å². The molecule has 1 atom stereocenters. The van der Waals surface area contributed by atoms with E-state index in [4.69, 9.17) is 0 Å². The summed E-state index contributed by atoms with van der Waals surface area (Å²) in [7, 11) is 4.25. The number of piperazine rings is 1. The highest BCUT2D eigenvalue weighted by Crippen LogP contribution is 2.21. The highest BCUT2D eigenvalue weighted by Gasteiger charge is 2.23. The van der Waals surface area contributed by atoms with Crippen LogP contribution >= 0.6 is 0 Å². The van der Waals surface area contributed by atoms with Crippen molar-refractivity contribution in [1.29, 1.82) is 0 Å². The molecule has 0 radical (unpaired) electrons. The van der Waals surface area contributed by atoms with E-state index in [9.17, 15) is 4.79 Å². The van der Waals surface area contributed by atoms with Crippen molar-refractivity contribution in [1.82, 2.24) is 20.1 Å². The molecule has 1 amide bonds. The molecule has 0 saturated carbocycles. The standard InChI is InChI=1S/C17H24N4O/c1-12-14-6-4-5-7-15(14)19-16(12)17(22)18-10-13-11-20(2)8-9-21(13)3/h4-7,13,19H,8-11H2,1-3H3,(H,18,22). The summed E-state index contributed by atoms with van der Waals surface area (Å²) in [4.78, 5) is 20.4. The van der Waals surface area contributed by atoms with Crippen LogP contribution in [0.25, 0.3) is 10.9 Å². The molecule has 1 fully saturated rings. The number of likely N-dealkylation sites (N-methyl/N-ethyl adjacent to an activating group) is 2. The average molecular weight is 300 g/mol. The summed E-state index contributed by atoms with van der Waals surface area (Å²) < 4.78 is 0. The van der Waals surface area contributed by atoms with Gasteiger partial charge in [0.2, 0.25) is 0 Å². The third kappa shape index (κ3) is 2.87. The molecule has 1 aromatic carbocycles. The molecule has 118 valence electrons. The predicted molar refractivity (Wildman–Crippen MR) is 89.3 cm³/mol. The van der Waals surface area contributed by atoms with Crippen LogP contribution in [0.1, 0.15) is 16.1 Å².